The van der Waals surface area contributed by atoms with E-state index in [9.17, 15) is 0 Å². The van der Waals surface area contributed by atoms with Gasteiger partial charge in [0.1, 0.15) is 5.75 Å². The molecule has 0 heterocycles. The van der Waals surface area contributed by atoms with Gasteiger partial charge in [-0.15, -0.1) is 0 Å². The fourth-order valence-electron chi connectivity index (χ4n) is 3.91. The summed E-state index contributed by atoms with van der Waals surface area (Å²) in [5.41, 5.74) is 8.66. The Morgan fingerprint density at radius 1 is 1.12 bits per heavy atom. The molecule has 0 spiro atoms. The van der Waals surface area contributed by atoms with Crippen molar-refractivity contribution >= 4 is 11.6 Å². The monoisotopic (exact) mass is 320 g/mol. The van der Waals surface area contributed by atoms with Crippen LogP contribution in [0.1, 0.15) is 61.4 Å². The number of benzene rings is 2. The average Bonchev–Trinajstić information content (AvgIpc) is 2.54. The Morgan fingerprint density at radius 2 is 1.83 bits per heavy atom. The summed E-state index contributed by atoms with van der Waals surface area (Å²) >= 11 is 0. The van der Waals surface area contributed by atoms with Gasteiger partial charge in [0.05, 0.1) is 7.11 Å². The molecule has 24 heavy (non-hydrogen) atoms. The fraction of sp³-hybridized carbons (Fsp3) is 0.391. The smallest absolute Gasteiger partial charge is 0.118 e. The average molecular weight is 320 g/mol. The van der Waals surface area contributed by atoms with Crippen molar-refractivity contribution < 1.29 is 4.74 Å². The van der Waals surface area contributed by atoms with Crippen molar-refractivity contribution in [3.8, 4) is 5.75 Å². The first kappa shape index (κ1) is 16.8. The molecular weight excluding hydrogens is 292 g/mol. The van der Waals surface area contributed by atoms with Crippen LogP contribution in [0.5, 0.6) is 5.75 Å². The van der Waals surface area contributed by atoms with E-state index in [0.717, 1.165) is 5.75 Å². The minimum Gasteiger partial charge on any atom is -0.497 e. The number of aryl methyl sites for hydroxylation is 2. The SMILES string of the molecule is COc1ccc(C=C(C)c2cc3c(cc2C)CCCC3(C)C)cc1. The maximum Gasteiger partial charge on any atom is 0.118 e. The van der Waals surface area contributed by atoms with Crippen molar-refractivity contribution in [3.05, 3.63) is 64.2 Å². The molecule has 2 aromatic rings. The summed E-state index contributed by atoms with van der Waals surface area (Å²) in [6.07, 6.45) is 6.08. The predicted molar refractivity (Wildman–Crippen MR) is 104 cm³/mol. The molecule has 0 unspecified atom stereocenters. The Balaban J connectivity index is 2.00. The zero-order valence-corrected chi connectivity index (χ0v) is 15.6. The molecule has 0 saturated heterocycles. The van der Waals surface area contributed by atoms with Gasteiger partial charge in [0.2, 0.25) is 0 Å². The van der Waals surface area contributed by atoms with E-state index in [1.54, 1.807) is 12.7 Å². The first-order chi connectivity index (χ1) is 11.4. The molecule has 0 amide bonds. The molecule has 0 aliphatic heterocycles. The second kappa shape index (κ2) is 6.47. The van der Waals surface area contributed by atoms with Crippen molar-refractivity contribution in [2.75, 3.05) is 7.11 Å². The number of rotatable bonds is 3. The largest absolute Gasteiger partial charge is 0.497 e. The molecule has 0 N–H and O–H groups in total. The van der Waals surface area contributed by atoms with Gasteiger partial charge in [0.15, 0.2) is 0 Å². The van der Waals surface area contributed by atoms with Crippen LogP contribution in [0.3, 0.4) is 0 Å². The maximum atomic E-state index is 5.24. The molecule has 1 heteroatoms. The number of hydrogen-bond donors (Lipinski definition) is 0. The van der Waals surface area contributed by atoms with E-state index in [2.05, 4.69) is 58.0 Å². The molecule has 1 aliphatic carbocycles. The summed E-state index contributed by atoms with van der Waals surface area (Å²) in [5, 5.41) is 0. The van der Waals surface area contributed by atoms with Gasteiger partial charge in [0, 0.05) is 0 Å². The predicted octanol–water partition coefficient (Wildman–Crippen LogP) is 6.18. The summed E-state index contributed by atoms with van der Waals surface area (Å²) < 4.78 is 5.24. The molecule has 126 valence electrons. The quantitative estimate of drug-likeness (QED) is 0.614. The van der Waals surface area contributed by atoms with Crippen molar-refractivity contribution in [3.63, 3.8) is 0 Å². The van der Waals surface area contributed by atoms with E-state index in [-0.39, 0.29) is 5.41 Å². The highest BCUT2D eigenvalue weighted by Crippen LogP contribution is 2.39. The van der Waals surface area contributed by atoms with Gasteiger partial charge in [-0.25, -0.2) is 0 Å². The molecule has 0 fully saturated rings. The van der Waals surface area contributed by atoms with Crippen LogP contribution in [0.25, 0.3) is 11.6 Å². The molecule has 0 radical (unpaired) electrons. The lowest BCUT2D eigenvalue weighted by molar-refractivity contribution is 0.415. The third-order valence-electron chi connectivity index (χ3n) is 5.35. The van der Waals surface area contributed by atoms with E-state index >= 15 is 0 Å². The number of ether oxygens (including phenoxy) is 1. The lowest BCUT2D eigenvalue weighted by Crippen LogP contribution is -2.24. The van der Waals surface area contributed by atoms with Crippen LogP contribution in [0, 0.1) is 6.92 Å². The molecule has 3 rings (SSSR count). The number of methoxy groups -OCH3 is 1. The molecule has 0 bridgehead atoms. The van der Waals surface area contributed by atoms with Gasteiger partial charge in [-0.05, 0) is 84.0 Å². The summed E-state index contributed by atoms with van der Waals surface area (Å²) in [5.74, 6) is 0.900. The van der Waals surface area contributed by atoms with Gasteiger partial charge in [-0.1, -0.05) is 44.2 Å². The van der Waals surface area contributed by atoms with Crippen LogP contribution < -0.4 is 4.74 Å². The van der Waals surface area contributed by atoms with Gasteiger partial charge >= 0.3 is 0 Å². The third kappa shape index (κ3) is 3.26. The fourth-order valence-corrected chi connectivity index (χ4v) is 3.91. The standard InChI is InChI=1S/C23H28O/c1-16(13-18-8-10-20(24-5)11-9-18)21-15-22-19(14-17(21)2)7-6-12-23(22,3)4/h8-11,13-15H,6-7,12H2,1-5H3. The van der Waals surface area contributed by atoms with Crippen LogP contribution in [0.4, 0.5) is 0 Å². The second-order valence-corrected chi connectivity index (χ2v) is 7.66. The number of fused-ring (bicyclic) bond motifs is 1. The van der Waals surface area contributed by atoms with E-state index in [4.69, 9.17) is 4.74 Å². The lowest BCUT2D eigenvalue weighted by Gasteiger charge is -2.33. The van der Waals surface area contributed by atoms with Gasteiger partial charge in [-0.2, -0.15) is 0 Å². The van der Waals surface area contributed by atoms with Crippen LogP contribution in [0.15, 0.2) is 36.4 Å². The van der Waals surface area contributed by atoms with Gasteiger partial charge in [0.25, 0.3) is 0 Å². The minimum absolute atomic E-state index is 0.288. The Hall–Kier alpha value is -2.02. The summed E-state index contributed by atoms with van der Waals surface area (Å²) in [4.78, 5) is 0. The Labute approximate surface area is 146 Å². The third-order valence-corrected chi connectivity index (χ3v) is 5.35. The van der Waals surface area contributed by atoms with Crippen LogP contribution in [-0.2, 0) is 11.8 Å². The van der Waals surface area contributed by atoms with Crippen molar-refractivity contribution in [1.29, 1.82) is 0 Å². The van der Waals surface area contributed by atoms with E-state index in [0.29, 0.717) is 0 Å². The molecule has 0 saturated carbocycles. The first-order valence-electron chi connectivity index (χ1n) is 8.87. The van der Waals surface area contributed by atoms with Crippen LogP contribution in [0.2, 0.25) is 0 Å². The maximum absolute atomic E-state index is 5.24. The number of hydrogen-bond acceptors (Lipinski definition) is 1. The molecule has 1 aliphatic rings. The summed E-state index contributed by atoms with van der Waals surface area (Å²) in [7, 11) is 1.70. The molecule has 2 aromatic carbocycles. The highest BCUT2D eigenvalue weighted by atomic mass is 16.5. The van der Waals surface area contributed by atoms with E-state index in [1.165, 1.54) is 47.1 Å². The molecule has 0 aromatic heterocycles. The number of allylic oxidation sites excluding steroid dienone is 1. The highest BCUT2D eigenvalue weighted by Gasteiger charge is 2.28. The Bertz CT molecular complexity index is 763. The van der Waals surface area contributed by atoms with Gasteiger partial charge < -0.3 is 4.74 Å². The Kier molecular flexibility index (Phi) is 4.54. The lowest BCUT2D eigenvalue weighted by atomic mass is 9.71. The van der Waals surface area contributed by atoms with Crippen LogP contribution >= 0.6 is 0 Å². The Morgan fingerprint density at radius 3 is 2.50 bits per heavy atom. The highest BCUT2D eigenvalue weighted by molar-refractivity contribution is 5.82. The van der Waals surface area contributed by atoms with Crippen molar-refractivity contribution in [2.45, 2.75) is 52.4 Å². The minimum atomic E-state index is 0.288. The topological polar surface area (TPSA) is 9.23 Å². The van der Waals surface area contributed by atoms with Crippen molar-refractivity contribution in [1.82, 2.24) is 0 Å². The zero-order valence-electron chi connectivity index (χ0n) is 15.6. The van der Waals surface area contributed by atoms with Crippen LogP contribution in [-0.4, -0.2) is 7.11 Å². The van der Waals surface area contributed by atoms with Crippen molar-refractivity contribution in [2.24, 2.45) is 0 Å². The molecule has 0 atom stereocenters. The van der Waals surface area contributed by atoms with E-state index in [1.807, 2.05) is 12.1 Å². The second-order valence-electron chi connectivity index (χ2n) is 7.66. The molecule has 1 nitrogen and oxygen atoms in total. The molecular formula is C23H28O. The van der Waals surface area contributed by atoms with Gasteiger partial charge in [-0.3, -0.25) is 0 Å². The first-order valence-corrected chi connectivity index (χ1v) is 8.87. The normalized spacial score (nSPS) is 16.6. The summed E-state index contributed by atoms with van der Waals surface area (Å²) in [6, 6.07) is 13.1. The summed E-state index contributed by atoms with van der Waals surface area (Å²) in [6.45, 7) is 9.22. The van der Waals surface area contributed by atoms with E-state index < -0.39 is 0 Å². The zero-order chi connectivity index (χ0) is 17.3.